The zero-order valence-electron chi connectivity index (χ0n) is 21.7. The number of hydrogen-bond donors (Lipinski definition) is 2. The van der Waals surface area contributed by atoms with Gasteiger partial charge in [-0.2, -0.15) is 0 Å². The molecule has 2 N–H and O–H groups in total. The molecule has 206 valence electrons. The third-order valence-electron chi connectivity index (χ3n) is 5.56. The molecular weight excluding hydrogens is 538 g/mol. The van der Waals surface area contributed by atoms with E-state index in [0.717, 1.165) is 4.90 Å². The number of carbonyl (C=O) groups excluding carboxylic acids is 4. The molecule has 3 aromatic carbocycles. The van der Waals surface area contributed by atoms with Gasteiger partial charge in [-0.25, -0.2) is 9.69 Å². The first-order valence-electron chi connectivity index (χ1n) is 12.4. The van der Waals surface area contributed by atoms with Crippen LogP contribution in [-0.4, -0.2) is 43.6 Å². The van der Waals surface area contributed by atoms with E-state index in [-0.39, 0.29) is 41.0 Å². The van der Waals surface area contributed by atoms with Crippen molar-refractivity contribution in [2.45, 2.75) is 13.8 Å². The Bertz CT molecular complexity index is 1460. The Kier molecular flexibility index (Phi) is 9.03. The van der Waals surface area contributed by atoms with Gasteiger partial charge in [-0.05, 0) is 74.0 Å². The predicted molar refractivity (Wildman–Crippen MR) is 150 cm³/mol. The van der Waals surface area contributed by atoms with Gasteiger partial charge in [-0.1, -0.05) is 29.8 Å². The van der Waals surface area contributed by atoms with E-state index in [4.69, 9.17) is 25.8 Å². The van der Waals surface area contributed by atoms with Crippen LogP contribution >= 0.6 is 11.6 Å². The van der Waals surface area contributed by atoms with E-state index >= 15 is 0 Å². The number of imide groups is 2. The number of para-hydroxylation sites is 1. The highest BCUT2D eigenvalue weighted by Crippen LogP contribution is 2.37. The van der Waals surface area contributed by atoms with Crippen LogP contribution in [0.5, 0.6) is 17.2 Å². The first-order chi connectivity index (χ1) is 19.3. The van der Waals surface area contributed by atoms with Crippen molar-refractivity contribution in [3.63, 3.8) is 0 Å². The Morgan fingerprint density at radius 2 is 1.65 bits per heavy atom. The third kappa shape index (κ3) is 6.59. The fourth-order valence-electron chi connectivity index (χ4n) is 3.85. The summed E-state index contributed by atoms with van der Waals surface area (Å²) in [4.78, 5) is 51.6. The average molecular weight is 564 g/mol. The SMILES string of the molecule is CCOc1ccc(N2C(=O)NC(=O)/C(=C\c3cc(Cl)c(OCC(=O)Nc4ccccc4)c(OCC)c3)C2=O)cc1. The standard InChI is InChI=1S/C29H26ClN3O7/c1-3-38-21-12-10-20(11-13-21)33-28(36)22(27(35)32-29(33)37)14-18-15-23(30)26(24(16-18)39-4-2)40-17-25(34)31-19-8-6-5-7-9-19/h5-16H,3-4,17H2,1-2H3,(H,31,34)(H,32,35,37)/b22-14+. The number of halogens is 1. The summed E-state index contributed by atoms with van der Waals surface area (Å²) < 4.78 is 16.7. The van der Waals surface area contributed by atoms with Gasteiger partial charge in [-0.3, -0.25) is 19.7 Å². The van der Waals surface area contributed by atoms with Crippen molar-refractivity contribution < 1.29 is 33.4 Å². The summed E-state index contributed by atoms with van der Waals surface area (Å²) >= 11 is 6.46. The van der Waals surface area contributed by atoms with Gasteiger partial charge in [-0.15, -0.1) is 0 Å². The molecule has 1 saturated heterocycles. The van der Waals surface area contributed by atoms with Gasteiger partial charge in [0.25, 0.3) is 17.7 Å². The van der Waals surface area contributed by atoms with Crippen LogP contribution in [0.1, 0.15) is 19.4 Å². The van der Waals surface area contributed by atoms with Gasteiger partial charge in [0.1, 0.15) is 11.3 Å². The second-order valence-corrected chi connectivity index (χ2v) is 8.76. The van der Waals surface area contributed by atoms with Crippen LogP contribution in [0.2, 0.25) is 5.02 Å². The second kappa shape index (κ2) is 12.8. The van der Waals surface area contributed by atoms with Gasteiger partial charge in [0.2, 0.25) is 0 Å². The molecule has 1 heterocycles. The summed E-state index contributed by atoms with van der Waals surface area (Å²) in [5, 5.41) is 4.98. The monoisotopic (exact) mass is 563 g/mol. The largest absolute Gasteiger partial charge is 0.494 e. The zero-order valence-corrected chi connectivity index (χ0v) is 22.5. The second-order valence-electron chi connectivity index (χ2n) is 8.35. The summed E-state index contributed by atoms with van der Waals surface area (Å²) in [6.07, 6.45) is 1.30. The number of hydrogen-bond acceptors (Lipinski definition) is 7. The van der Waals surface area contributed by atoms with E-state index in [0.29, 0.717) is 23.6 Å². The smallest absolute Gasteiger partial charge is 0.335 e. The van der Waals surface area contributed by atoms with Crippen LogP contribution in [0.25, 0.3) is 6.08 Å². The molecule has 0 aliphatic carbocycles. The maximum absolute atomic E-state index is 13.3. The topological polar surface area (TPSA) is 123 Å². The lowest BCUT2D eigenvalue weighted by atomic mass is 10.1. The molecule has 1 fully saturated rings. The molecule has 40 heavy (non-hydrogen) atoms. The first-order valence-corrected chi connectivity index (χ1v) is 12.8. The molecule has 0 atom stereocenters. The molecule has 0 spiro atoms. The molecule has 0 saturated carbocycles. The molecule has 0 bridgehead atoms. The zero-order chi connectivity index (χ0) is 28.6. The Morgan fingerprint density at radius 3 is 2.33 bits per heavy atom. The molecule has 5 amide bonds. The minimum atomic E-state index is -0.873. The number of anilines is 2. The van der Waals surface area contributed by atoms with Gasteiger partial charge in [0.05, 0.1) is 23.9 Å². The molecule has 11 heteroatoms. The van der Waals surface area contributed by atoms with E-state index in [1.54, 1.807) is 55.5 Å². The van der Waals surface area contributed by atoms with Crippen molar-refractivity contribution in [2.24, 2.45) is 0 Å². The number of ether oxygens (including phenoxy) is 3. The van der Waals surface area contributed by atoms with E-state index in [1.165, 1.54) is 18.2 Å². The molecule has 0 unspecified atom stereocenters. The summed E-state index contributed by atoms with van der Waals surface area (Å²) in [5.41, 5.74) is 0.925. The Labute approximate surface area is 235 Å². The minimum Gasteiger partial charge on any atom is -0.494 e. The van der Waals surface area contributed by atoms with E-state index in [9.17, 15) is 19.2 Å². The van der Waals surface area contributed by atoms with E-state index < -0.39 is 23.8 Å². The highest BCUT2D eigenvalue weighted by molar-refractivity contribution is 6.39. The van der Waals surface area contributed by atoms with Crippen LogP contribution in [0.15, 0.2) is 72.3 Å². The van der Waals surface area contributed by atoms with Crippen molar-refractivity contribution >= 4 is 52.8 Å². The predicted octanol–water partition coefficient (Wildman–Crippen LogP) is 4.82. The summed E-state index contributed by atoms with van der Waals surface area (Å²) in [6.45, 7) is 3.96. The summed E-state index contributed by atoms with van der Waals surface area (Å²) in [5.74, 6) is -1.17. The van der Waals surface area contributed by atoms with Crippen LogP contribution in [0.4, 0.5) is 16.2 Å². The average Bonchev–Trinajstić information content (AvgIpc) is 2.92. The molecular formula is C29H26ClN3O7. The van der Waals surface area contributed by atoms with Crippen molar-refractivity contribution in [3.05, 3.63) is 82.9 Å². The van der Waals surface area contributed by atoms with Gasteiger partial charge in [0, 0.05) is 5.69 Å². The maximum Gasteiger partial charge on any atom is 0.335 e. The summed E-state index contributed by atoms with van der Waals surface area (Å²) in [7, 11) is 0. The van der Waals surface area contributed by atoms with Crippen molar-refractivity contribution in [1.82, 2.24) is 5.32 Å². The summed E-state index contributed by atoms with van der Waals surface area (Å²) in [6, 6.07) is 17.3. The molecule has 3 aromatic rings. The Balaban J connectivity index is 1.57. The number of barbiturate groups is 1. The molecule has 4 rings (SSSR count). The molecule has 10 nitrogen and oxygen atoms in total. The number of rotatable bonds is 10. The quantitative estimate of drug-likeness (QED) is 0.268. The number of urea groups is 1. The molecule has 0 radical (unpaired) electrons. The lowest BCUT2D eigenvalue weighted by molar-refractivity contribution is -0.122. The molecule has 0 aromatic heterocycles. The number of benzene rings is 3. The van der Waals surface area contributed by atoms with Crippen molar-refractivity contribution in [3.8, 4) is 17.2 Å². The molecule has 1 aliphatic rings. The van der Waals surface area contributed by atoms with Crippen LogP contribution in [0, 0.1) is 0 Å². The van der Waals surface area contributed by atoms with Crippen LogP contribution in [-0.2, 0) is 14.4 Å². The number of carbonyl (C=O) groups is 4. The number of nitrogens with zero attached hydrogens (tertiary/aromatic N) is 1. The Hall–Kier alpha value is -4.83. The normalized spacial score (nSPS) is 14.1. The lowest BCUT2D eigenvalue weighted by Crippen LogP contribution is -2.54. The Morgan fingerprint density at radius 1 is 0.950 bits per heavy atom. The highest BCUT2D eigenvalue weighted by Gasteiger charge is 2.37. The first kappa shape index (κ1) is 28.2. The molecule has 1 aliphatic heterocycles. The lowest BCUT2D eigenvalue weighted by Gasteiger charge is -2.26. The van der Waals surface area contributed by atoms with Gasteiger partial charge >= 0.3 is 6.03 Å². The van der Waals surface area contributed by atoms with Crippen molar-refractivity contribution in [2.75, 3.05) is 30.0 Å². The number of amides is 5. The van der Waals surface area contributed by atoms with Crippen molar-refractivity contribution in [1.29, 1.82) is 0 Å². The van der Waals surface area contributed by atoms with Gasteiger partial charge < -0.3 is 19.5 Å². The minimum absolute atomic E-state index is 0.0911. The van der Waals surface area contributed by atoms with Crippen LogP contribution < -0.4 is 29.7 Å². The van der Waals surface area contributed by atoms with Crippen LogP contribution in [0.3, 0.4) is 0 Å². The third-order valence-corrected chi connectivity index (χ3v) is 5.84. The van der Waals surface area contributed by atoms with Gasteiger partial charge in [0.15, 0.2) is 18.1 Å². The maximum atomic E-state index is 13.3. The number of nitrogens with one attached hydrogen (secondary N) is 2. The van der Waals surface area contributed by atoms with E-state index in [1.807, 2.05) is 13.0 Å². The fourth-order valence-corrected chi connectivity index (χ4v) is 4.12. The van der Waals surface area contributed by atoms with E-state index in [2.05, 4.69) is 10.6 Å². The highest BCUT2D eigenvalue weighted by atomic mass is 35.5. The fraction of sp³-hybridized carbons (Fsp3) is 0.172.